The molecule has 0 atom stereocenters. The highest BCUT2D eigenvalue weighted by atomic mass is 16.5. The molecule has 0 radical (unpaired) electrons. The molecule has 4 nitrogen and oxygen atoms in total. The number of nitrogens with zero attached hydrogens (tertiary/aromatic N) is 2. The number of nitrogens with two attached hydrogens (primary N) is 1. The zero-order chi connectivity index (χ0) is 17.5. The Balaban J connectivity index is 1.77. The molecular weight excluding hydrogens is 310 g/mol. The maximum Gasteiger partial charge on any atom is 0.200 e. The van der Waals surface area contributed by atoms with Gasteiger partial charge < -0.3 is 15.0 Å². The van der Waals surface area contributed by atoms with Crippen LogP contribution in [0, 0.1) is 0 Å². The topological polar surface area (TPSA) is 53.1 Å². The summed E-state index contributed by atoms with van der Waals surface area (Å²) < 4.78 is 8.06. The van der Waals surface area contributed by atoms with Crippen LogP contribution in [0.4, 0.5) is 5.95 Å². The van der Waals surface area contributed by atoms with Gasteiger partial charge in [0.15, 0.2) is 0 Å². The second kappa shape index (κ2) is 8.38. The lowest BCUT2D eigenvalue weighted by Gasteiger charge is -2.10. The highest BCUT2D eigenvalue weighted by molar-refractivity contribution is 5.67. The lowest BCUT2D eigenvalue weighted by molar-refractivity contribution is 0.307. The van der Waals surface area contributed by atoms with Gasteiger partial charge in [0.1, 0.15) is 12.4 Å². The predicted molar refractivity (Wildman–Crippen MR) is 102 cm³/mol. The van der Waals surface area contributed by atoms with Crippen molar-refractivity contribution in [3.8, 4) is 17.0 Å². The number of benzene rings is 2. The normalized spacial score (nSPS) is 10.8. The van der Waals surface area contributed by atoms with Gasteiger partial charge in [0, 0.05) is 18.3 Å². The number of rotatable bonds is 8. The van der Waals surface area contributed by atoms with Crippen LogP contribution >= 0.6 is 0 Å². The van der Waals surface area contributed by atoms with Crippen LogP contribution in [0.15, 0.2) is 60.8 Å². The summed E-state index contributed by atoms with van der Waals surface area (Å²) in [6.07, 6.45) is 5.53. The summed E-state index contributed by atoms with van der Waals surface area (Å²) in [7, 11) is 0. The lowest BCUT2D eigenvalue weighted by Crippen LogP contribution is -2.02. The number of aromatic nitrogens is 2. The van der Waals surface area contributed by atoms with Gasteiger partial charge in [0.25, 0.3) is 0 Å². The van der Waals surface area contributed by atoms with Crippen LogP contribution in [0.5, 0.6) is 5.75 Å². The van der Waals surface area contributed by atoms with E-state index in [9.17, 15) is 0 Å². The molecule has 0 aliphatic rings. The van der Waals surface area contributed by atoms with Crippen molar-refractivity contribution in [3.05, 3.63) is 66.4 Å². The van der Waals surface area contributed by atoms with Crippen molar-refractivity contribution in [3.63, 3.8) is 0 Å². The van der Waals surface area contributed by atoms with Gasteiger partial charge in [-0.05, 0) is 24.1 Å². The van der Waals surface area contributed by atoms with Crippen LogP contribution < -0.4 is 10.5 Å². The largest absolute Gasteiger partial charge is 0.488 e. The lowest BCUT2D eigenvalue weighted by atomic mass is 10.1. The number of ether oxygens (including phenoxy) is 1. The molecule has 3 aromatic rings. The van der Waals surface area contributed by atoms with Crippen molar-refractivity contribution in [2.24, 2.45) is 0 Å². The molecule has 0 aliphatic heterocycles. The fourth-order valence-corrected chi connectivity index (χ4v) is 2.81. The average Bonchev–Trinajstić information content (AvgIpc) is 3.02. The van der Waals surface area contributed by atoms with Crippen molar-refractivity contribution >= 4 is 5.95 Å². The van der Waals surface area contributed by atoms with Crippen molar-refractivity contribution in [2.45, 2.75) is 39.3 Å². The molecule has 1 aromatic heterocycles. The third-order valence-electron chi connectivity index (χ3n) is 4.21. The molecule has 0 saturated heterocycles. The Morgan fingerprint density at radius 3 is 2.56 bits per heavy atom. The first-order valence-electron chi connectivity index (χ1n) is 8.86. The standard InChI is InChI=1S/C21H25N3O/c1-2-3-9-14-24-15-19(23-21(24)22)18-12-7-8-13-20(18)25-16-17-10-5-4-6-11-17/h4-8,10-13,15H,2-3,9,14,16H2,1H3,(H2,22,23). The van der Waals surface area contributed by atoms with Gasteiger partial charge >= 0.3 is 0 Å². The van der Waals surface area contributed by atoms with E-state index in [1.165, 1.54) is 12.8 Å². The maximum atomic E-state index is 6.09. The molecule has 3 rings (SSSR count). The number of imidazole rings is 1. The van der Waals surface area contributed by atoms with Crippen LogP contribution in [0.2, 0.25) is 0 Å². The highest BCUT2D eigenvalue weighted by Gasteiger charge is 2.12. The first-order chi connectivity index (χ1) is 12.3. The number of unbranched alkanes of at least 4 members (excludes halogenated alkanes) is 2. The molecule has 1 heterocycles. The molecule has 0 fully saturated rings. The molecule has 0 spiro atoms. The number of anilines is 1. The van der Waals surface area contributed by atoms with Gasteiger partial charge in [-0.15, -0.1) is 0 Å². The number of hydrogen-bond donors (Lipinski definition) is 1. The fraction of sp³-hybridized carbons (Fsp3) is 0.286. The van der Waals surface area contributed by atoms with Gasteiger partial charge in [-0.1, -0.05) is 62.2 Å². The third kappa shape index (κ3) is 4.41. The molecule has 0 amide bonds. The summed E-state index contributed by atoms with van der Waals surface area (Å²) in [6.45, 7) is 3.63. The second-order valence-corrected chi connectivity index (χ2v) is 6.16. The Morgan fingerprint density at radius 1 is 1.00 bits per heavy atom. The minimum Gasteiger partial charge on any atom is -0.488 e. The quantitative estimate of drug-likeness (QED) is 0.596. The van der Waals surface area contributed by atoms with Crippen molar-refractivity contribution in [2.75, 3.05) is 5.73 Å². The maximum absolute atomic E-state index is 6.09. The number of aryl methyl sites for hydroxylation is 1. The molecule has 2 aromatic carbocycles. The van der Waals surface area contributed by atoms with E-state index >= 15 is 0 Å². The summed E-state index contributed by atoms with van der Waals surface area (Å²) >= 11 is 0. The minimum atomic E-state index is 0.532. The average molecular weight is 335 g/mol. The highest BCUT2D eigenvalue weighted by Crippen LogP contribution is 2.30. The fourth-order valence-electron chi connectivity index (χ4n) is 2.81. The number of nitrogen functional groups attached to an aromatic ring is 1. The van der Waals surface area contributed by atoms with Crippen LogP contribution in [0.3, 0.4) is 0 Å². The molecule has 0 unspecified atom stereocenters. The predicted octanol–water partition coefficient (Wildman–Crippen LogP) is 4.90. The Kier molecular flexibility index (Phi) is 5.73. The van der Waals surface area contributed by atoms with E-state index < -0.39 is 0 Å². The van der Waals surface area contributed by atoms with Crippen LogP contribution in [-0.4, -0.2) is 9.55 Å². The Bertz CT molecular complexity index is 796. The zero-order valence-corrected chi connectivity index (χ0v) is 14.7. The summed E-state index contributed by atoms with van der Waals surface area (Å²) in [5.41, 5.74) is 9.06. The smallest absolute Gasteiger partial charge is 0.200 e. The van der Waals surface area contributed by atoms with Crippen molar-refractivity contribution < 1.29 is 4.74 Å². The van der Waals surface area contributed by atoms with Gasteiger partial charge in [0.2, 0.25) is 5.95 Å². The zero-order valence-electron chi connectivity index (χ0n) is 14.7. The van der Waals surface area contributed by atoms with Crippen LogP contribution in [-0.2, 0) is 13.2 Å². The minimum absolute atomic E-state index is 0.532. The molecule has 2 N–H and O–H groups in total. The van der Waals surface area contributed by atoms with Gasteiger partial charge in [-0.25, -0.2) is 4.98 Å². The Labute approximate surface area is 149 Å². The monoisotopic (exact) mass is 335 g/mol. The van der Waals surface area contributed by atoms with E-state index in [4.69, 9.17) is 10.5 Å². The second-order valence-electron chi connectivity index (χ2n) is 6.16. The van der Waals surface area contributed by atoms with Crippen molar-refractivity contribution in [1.82, 2.24) is 9.55 Å². The molecule has 0 saturated carbocycles. The van der Waals surface area contributed by atoms with Crippen LogP contribution in [0.1, 0.15) is 31.7 Å². The summed E-state index contributed by atoms with van der Waals surface area (Å²) in [4.78, 5) is 4.54. The molecule has 4 heteroatoms. The summed E-state index contributed by atoms with van der Waals surface area (Å²) in [5.74, 6) is 1.38. The van der Waals surface area contributed by atoms with Gasteiger partial charge in [-0.2, -0.15) is 0 Å². The van der Waals surface area contributed by atoms with E-state index in [0.717, 1.165) is 35.5 Å². The molecule has 0 bridgehead atoms. The first-order valence-corrected chi connectivity index (χ1v) is 8.86. The van der Waals surface area contributed by atoms with Gasteiger partial charge in [0.05, 0.1) is 5.69 Å². The Morgan fingerprint density at radius 2 is 1.76 bits per heavy atom. The van der Waals surface area contributed by atoms with E-state index in [-0.39, 0.29) is 0 Å². The van der Waals surface area contributed by atoms with E-state index in [1.54, 1.807) is 0 Å². The molecule has 25 heavy (non-hydrogen) atoms. The molecule has 0 aliphatic carbocycles. The van der Waals surface area contributed by atoms with E-state index in [0.29, 0.717) is 12.6 Å². The summed E-state index contributed by atoms with van der Waals surface area (Å²) in [5, 5.41) is 0. The van der Waals surface area contributed by atoms with E-state index in [2.05, 4.69) is 24.0 Å². The van der Waals surface area contributed by atoms with Crippen molar-refractivity contribution in [1.29, 1.82) is 0 Å². The first kappa shape index (κ1) is 17.1. The summed E-state index contributed by atoms with van der Waals surface area (Å²) in [6, 6.07) is 18.1. The Hall–Kier alpha value is -2.75. The molecule has 130 valence electrons. The number of hydrogen-bond acceptors (Lipinski definition) is 3. The van der Waals surface area contributed by atoms with E-state index in [1.807, 2.05) is 53.2 Å². The SMILES string of the molecule is CCCCCn1cc(-c2ccccc2OCc2ccccc2)nc1N. The van der Waals surface area contributed by atoms with Gasteiger partial charge in [-0.3, -0.25) is 0 Å². The molecular formula is C21H25N3O. The number of para-hydroxylation sites is 1. The van der Waals surface area contributed by atoms with Crippen LogP contribution in [0.25, 0.3) is 11.3 Å². The third-order valence-corrected chi connectivity index (χ3v) is 4.21.